The van der Waals surface area contributed by atoms with Crippen molar-refractivity contribution in [3.05, 3.63) is 29.8 Å². The number of amides is 2. The Morgan fingerprint density at radius 2 is 2.19 bits per heavy atom. The summed E-state index contributed by atoms with van der Waals surface area (Å²) in [5.41, 5.74) is 7.32. The highest BCUT2D eigenvalue weighted by atomic mass is 16.2. The van der Waals surface area contributed by atoms with Gasteiger partial charge in [-0.05, 0) is 31.9 Å². The van der Waals surface area contributed by atoms with Crippen LogP contribution < -0.4 is 11.1 Å². The molecule has 2 heterocycles. The number of aromatic amines is 1. The Hall–Kier alpha value is -2.70. The number of carbonyl (C=O) groups is 2. The lowest BCUT2D eigenvalue weighted by Gasteiger charge is -2.05. The van der Waals surface area contributed by atoms with E-state index in [9.17, 15) is 9.59 Å². The predicted octanol–water partition coefficient (Wildman–Crippen LogP) is 1.23. The molecule has 7 heteroatoms. The van der Waals surface area contributed by atoms with Crippen molar-refractivity contribution in [2.24, 2.45) is 11.7 Å². The molecule has 0 saturated heterocycles. The molecule has 0 unspecified atom stereocenters. The van der Waals surface area contributed by atoms with Gasteiger partial charge in [-0.1, -0.05) is 0 Å². The third-order valence-corrected chi connectivity index (χ3v) is 3.35. The Kier molecular flexibility index (Phi) is 3.17. The van der Waals surface area contributed by atoms with Gasteiger partial charge in [-0.25, -0.2) is 9.97 Å². The van der Waals surface area contributed by atoms with E-state index in [1.54, 1.807) is 25.3 Å². The van der Waals surface area contributed by atoms with Crippen LogP contribution in [0.4, 0.5) is 5.82 Å². The number of anilines is 1. The number of aryl methyl sites for hydroxylation is 1. The number of primary amides is 1. The van der Waals surface area contributed by atoms with Crippen LogP contribution in [0.2, 0.25) is 0 Å². The second-order valence-electron chi connectivity index (χ2n) is 5.12. The van der Waals surface area contributed by atoms with E-state index in [1.165, 1.54) is 0 Å². The van der Waals surface area contributed by atoms with E-state index in [1.807, 2.05) is 0 Å². The van der Waals surface area contributed by atoms with Crippen LogP contribution in [-0.4, -0.2) is 26.8 Å². The molecule has 0 radical (unpaired) electrons. The molecule has 7 nitrogen and oxygen atoms in total. The summed E-state index contributed by atoms with van der Waals surface area (Å²) >= 11 is 0. The third-order valence-electron chi connectivity index (χ3n) is 3.35. The van der Waals surface area contributed by atoms with Crippen LogP contribution in [0.15, 0.2) is 18.3 Å². The zero-order valence-electron chi connectivity index (χ0n) is 11.5. The Bertz CT molecular complexity index is 718. The minimum atomic E-state index is -0.610. The van der Waals surface area contributed by atoms with Crippen LogP contribution in [0, 0.1) is 12.8 Å². The standard InChI is InChI=1S/C14H15N5O2/c1-7-11(19-13(17-7)12(15)20)9-4-5-16-10(6-9)18-14(21)8-2-3-8/h4-6,8H,2-3H2,1H3,(H2,15,20)(H,17,19)(H,16,18,21). The van der Waals surface area contributed by atoms with Gasteiger partial charge >= 0.3 is 0 Å². The number of nitrogens with zero attached hydrogens (tertiary/aromatic N) is 2. The number of nitrogens with two attached hydrogens (primary N) is 1. The van der Waals surface area contributed by atoms with Crippen LogP contribution in [0.25, 0.3) is 11.3 Å². The van der Waals surface area contributed by atoms with E-state index < -0.39 is 5.91 Å². The fraction of sp³-hybridized carbons (Fsp3) is 0.286. The maximum absolute atomic E-state index is 11.7. The molecule has 2 aromatic heterocycles. The summed E-state index contributed by atoms with van der Waals surface area (Å²) in [6.07, 6.45) is 3.47. The van der Waals surface area contributed by atoms with Gasteiger partial charge in [0.2, 0.25) is 5.91 Å². The van der Waals surface area contributed by atoms with E-state index in [2.05, 4.69) is 20.3 Å². The van der Waals surface area contributed by atoms with Crippen molar-refractivity contribution >= 4 is 17.6 Å². The topological polar surface area (TPSA) is 114 Å². The van der Waals surface area contributed by atoms with Crippen molar-refractivity contribution in [1.82, 2.24) is 15.0 Å². The predicted molar refractivity (Wildman–Crippen MR) is 76.4 cm³/mol. The lowest BCUT2D eigenvalue weighted by Crippen LogP contribution is -2.14. The summed E-state index contributed by atoms with van der Waals surface area (Å²) in [7, 11) is 0. The lowest BCUT2D eigenvalue weighted by molar-refractivity contribution is -0.117. The van der Waals surface area contributed by atoms with Crippen LogP contribution in [0.3, 0.4) is 0 Å². The van der Waals surface area contributed by atoms with E-state index in [0.717, 1.165) is 24.1 Å². The molecular formula is C14H15N5O2. The Morgan fingerprint density at radius 3 is 2.81 bits per heavy atom. The van der Waals surface area contributed by atoms with Crippen molar-refractivity contribution in [3.63, 3.8) is 0 Å². The zero-order chi connectivity index (χ0) is 15.0. The molecule has 0 aromatic carbocycles. The molecule has 0 bridgehead atoms. The molecule has 2 amide bonds. The first-order valence-electron chi connectivity index (χ1n) is 6.68. The summed E-state index contributed by atoms with van der Waals surface area (Å²) in [6, 6.07) is 3.49. The van der Waals surface area contributed by atoms with Crippen molar-refractivity contribution in [3.8, 4) is 11.3 Å². The number of rotatable bonds is 4. The monoisotopic (exact) mass is 285 g/mol. The number of hydrogen-bond donors (Lipinski definition) is 3. The molecule has 3 rings (SSSR count). The maximum atomic E-state index is 11.7. The number of imidazole rings is 1. The first kappa shape index (κ1) is 13.3. The van der Waals surface area contributed by atoms with E-state index in [-0.39, 0.29) is 17.6 Å². The molecule has 1 aliphatic rings. The lowest BCUT2D eigenvalue weighted by atomic mass is 10.1. The normalized spacial score (nSPS) is 14.0. The van der Waals surface area contributed by atoms with Crippen molar-refractivity contribution in [1.29, 1.82) is 0 Å². The third kappa shape index (κ3) is 2.76. The summed E-state index contributed by atoms with van der Waals surface area (Å²) in [4.78, 5) is 34.0. The quantitative estimate of drug-likeness (QED) is 0.783. The number of carbonyl (C=O) groups excluding carboxylic acids is 2. The second kappa shape index (κ2) is 5.01. The average molecular weight is 285 g/mol. The van der Waals surface area contributed by atoms with Gasteiger partial charge in [-0.2, -0.15) is 0 Å². The van der Waals surface area contributed by atoms with E-state index in [0.29, 0.717) is 11.5 Å². The SMILES string of the molecule is Cc1[nH]c(C(N)=O)nc1-c1ccnc(NC(=O)C2CC2)c1. The summed E-state index contributed by atoms with van der Waals surface area (Å²) in [6.45, 7) is 1.80. The summed E-state index contributed by atoms with van der Waals surface area (Å²) < 4.78 is 0. The van der Waals surface area contributed by atoms with Gasteiger partial charge in [0.15, 0.2) is 5.82 Å². The molecule has 0 aliphatic heterocycles. The fourth-order valence-corrected chi connectivity index (χ4v) is 2.08. The van der Waals surface area contributed by atoms with Crippen LogP contribution in [-0.2, 0) is 4.79 Å². The van der Waals surface area contributed by atoms with E-state index in [4.69, 9.17) is 5.73 Å². The number of aromatic nitrogens is 3. The first-order valence-corrected chi connectivity index (χ1v) is 6.68. The Balaban J connectivity index is 1.88. The largest absolute Gasteiger partial charge is 0.363 e. The van der Waals surface area contributed by atoms with Crippen molar-refractivity contribution in [2.75, 3.05) is 5.32 Å². The summed E-state index contributed by atoms with van der Waals surface area (Å²) in [5, 5.41) is 2.78. The maximum Gasteiger partial charge on any atom is 0.284 e. The average Bonchev–Trinajstić information content (AvgIpc) is 3.22. The van der Waals surface area contributed by atoms with Crippen molar-refractivity contribution in [2.45, 2.75) is 19.8 Å². The molecule has 2 aromatic rings. The summed E-state index contributed by atoms with van der Waals surface area (Å²) in [5.74, 6) is 0.0937. The van der Waals surface area contributed by atoms with Gasteiger partial charge in [0, 0.05) is 23.4 Å². The number of H-pyrrole nitrogens is 1. The molecule has 0 atom stereocenters. The number of pyridine rings is 1. The minimum Gasteiger partial charge on any atom is -0.363 e. The highest BCUT2D eigenvalue weighted by Crippen LogP contribution is 2.30. The van der Waals surface area contributed by atoms with Gasteiger partial charge < -0.3 is 16.0 Å². The highest BCUT2D eigenvalue weighted by molar-refractivity contribution is 5.94. The van der Waals surface area contributed by atoms with Gasteiger partial charge in [0.25, 0.3) is 5.91 Å². The zero-order valence-corrected chi connectivity index (χ0v) is 11.5. The Labute approximate surface area is 121 Å². The molecule has 21 heavy (non-hydrogen) atoms. The number of nitrogens with one attached hydrogen (secondary N) is 2. The van der Waals surface area contributed by atoms with Gasteiger partial charge in [0.1, 0.15) is 5.82 Å². The molecular weight excluding hydrogens is 270 g/mol. The molecule has 0 spiro atoms. The smallest absolute Gasteiger partial charge is 0.284 e. The molecule has 4 N–H and O–H groups in total. The van der Waals surface area contributed by atoms with Crippen LogP contribution >= 0.6 is 0 Å². The van der Waals surface area contributed by atoms with Gasteiger partial charge in [0.05, 0.1) is 5.69 Å². The molecule has 108 valence electrons. The second-order valence-corrected chi connectivity index (χ2v) is 5.12. The van der Waals surface area contributed by atoms with Crippen LogP contribution in [0.1, 0.15) is 29.2 Å². The molecule has 1 saturated carbocycles. The Morgan fingerprint density at radius 1 is 1.43 bits per heavy atom. The van der Waals surface area contributed by atoms with Gasteiger partial charge in [-0.15, -0.1) is 0 Å². The minimum absolute atomic E-state index is 0.00350. The fourth-order valence-electron chi connectivity index (χ4n) is 2.08. The van der Waals surface area contributed by atoms with Crippen LogP contribution in [0.5, 0.6) is 0 Å². The molecule has 1 aliphatic carbocycles. The van der Waals surface area contributed by atoms with Crippen molar-refractivity contribution < 1.29 is 9.59 Å². The highest BCUT2D eigenvalue weighted by Gasteiger charge is 2.29. The first-order chi connectivity index (χ1) is 10.0. The van der Waals surface area contributed by atoms with E-state index >= 15 is 0 Å². The molecule has 1 fully saturated rings. The van der Waals surface area contributed by atoms with Gasteiger partial charge in [-0.3, -0.25) is 9.59 Å². The number of hydrogen-bond acceptors (Lipinski definition) is 4.